The fraction of sp³-hybridized carbons (Fsp3) is 0.650. The number of esters is 1. The van der Waals surface area contributed by atoms with Gasteiger partial charge in [-0.1, -0.05) is 6.07 Å². The van der Waals surface area contributed by atoms with E-state index in [-0.39, 0.29) is 42.6 Å². The van der Waals surface area contributed by atoms with Crippen molar-refractivity contribution in [2.24, 2.45) is 17.6 Å². The molecule has 2 aliphatic heterocycles. The first-order chi connectivity index (χ1) is 13.1. The monoisotopic (exact) mass is 446 g/mol. The second-order valence-electron chi connectivity index (χ2n) is 7.54. The Morgan fingerprint density at radius 1 is 1.10 bits per heavy atom. The molecule has 2 saturated heterocycles. The average Bonchev–Trinajstić information content (AvgIpc) is 2.74. The molecule has 29 heavy (non-hydrogen) atoms. The van der Waals surface area contributed by atoms with Crippen LogP contribution in [-0.2, 0) is 20.9 Å². The van der Waals surface area contributed by atoms with E-state index in [2.05, 4.69) is 9.88 Å². The summed E-state index contributed by atoms with van der Waals surface area (Å²) in [5.41, 5.74) is 6.65. The van der Waals surface area contributed by atoms with Gasteiger partial charge in [0.2, 0.25) is 5.91 Å². The second-order valence-corrected chi connectivity index (χ2v) is 7.54. The third kappa shape index (κ3) is 6.73. The van der Waals surface area contributed by atoms with Gasteiger partial charge >= 0.3 is 5.97 Å². The van der Waals surface area contributed by atoms with E-state index >= 15 is 0 Å². The van der Waals surface area contributed by atoms with E-state index < -0.39 is 0 Å². The minimum absolute atomic E-state index is 0. The van der Waals surface area contributed by atoms with Gasteiger partial charge in [0.1, 0.15) is 5.82 Å². The van der Waals surface area contributed by atoms with Crippen LogP contribution in [0.5, 0.6) is 0 Å². The van der Waals surface area contributed by atoms with Crippen molar-refractivity contribution in [3.8, 4) is 0 Å². The van der Waals surface area contributed by atoms with Gasteiger partial charge in [-0.25, -0.2) is 4.98 Å². The van der Waals surface area contributed by atoms with Crippen LogP contribution >= 0.6 is 24.8 Å². The van der Waals surface area contributed by atoms with Crippen LogP contribution in [-0.4, -0.2) is 55.0 Å². The van der Waals surface area contributed by atoms with Crippen molar-refractivity contribution >= 4 is 42.5 Å². The van der Waals surface area contributed by atoms with Gasteiger partial charge in [-0.2, -0.15) is 0 Å². The number of nitrogens with zero attached hydrogens (tertiary/aromatic N) is 3. The number of piperidine rings is 2. The normalized spacial score (nSPS) is 17.9. The highest BCUT2D eigenvalue weighted by Crippen LogP contribution is 2.27. The van der Waals surface area contributed by atoms with E-state index in [0.717, 1.165) is 63.2 Å². The van der Waals surface area contributed by atoms with Crippen molar-refractivity contribution in [2.75, 3.05) is 38.2 Å². The minimum atomic E-state index is -0.153. The molecule has 1 aromatic heterocycles. The van der Waals surface area contributed by atoms with Crippen molar-refractivity contribution in [2.45, 2.75) is 38.6 Å². The number of anilines is 1. The fourth-order valence-corrected chi connectivity index (χ4v) is 4.01. The van der Waals surface area contributed by atoms with Crippen LogP contribution in [0.4, 0.5) is 5.82 Å². The van der Waals surface area contributed by atoms with Crippen LogP contribution in [0, 0.1) is 11.8 Å². The van der Waals surface area contributed by atoms with Gasteiger partial charge in [0.15, 0.2) is 0 Å². The Morgan fingerprint density at radius 2 is 1.76 bits per heavy atom. The van der Waals surface area contributed by atoms with E-state index in [1.54, 1.807) is 0 Å². The topological polar surface area (TPSA) is 88.8 Å². The highest BCUT2D eigenvalue weighted by Gasteiger charge is 2.31. The zero-order valence-electron chi connectivity index (χ0n) is 16.9. The number of hydrogen-bond acceptors (Lipinski definition) is 6. The molecule has 3 rings (SSSR count). The molecule has 0 bridgehead atoms. The largest absolute Gasteiger partial charge is 0.469 e. The van der Waals surface area contributed by atoms with Gasteiger partial charge in [-0.05, 0) is 43.2 Å². The van der Waals surface area contributed by atoms with Gasteiger partial charge < -0.3 is 20.3 Å². The van der Waals surface area contributed by atoms with E-state index in [9.17, 15) is 9.59 Å². The quantitative estimate of drug-likeness (QED) is 0.698. The van der Waals surface area contributed by atoms with Crippen LogP contribution < -0.4 is 10.6 Å². The Hall–Kier alpha value is -1.57. The van der Waals surface area contributed by atoms with Crippen molar-refractivity contribution in [1.29, 1.82) is 0 Å². The predicted octanol–water partition coefficient (Wildman–Crippen LogP) is 2.40. The maximum absolute atomic E-state index is 12.9. The Kier molecular flexibility index (Phi) is 10.7. The van der Waals surface area contributed by atoms with E-state index in [0.29, 0.717) is 18.9 Å². The third-order valence-corrected chi connectivity index (χ3v) is 5.82. The van der Waals surface area contributed by atoms with Crippen LogP contribution in [0.1, 0.15) is 37.7 Å². The lowest BCUT2D eigenvalue weighted by Gasteiger charge is -2.37. The average molecular weight is 447 g/mol. The van der Waals surface area contributed by atoms with Crippen molar-refractivity contribution in [3.05, 3.63) is 23.9 Å². The number of ether oxygens (including phenoxy) is 1. The number of pyridine rings is 1. The van der Waals surface area contributed by atoms with Crippen LogP contribution in [0.2, 0.25) is 0 Å². The number of rotatable bonds is 5. The van der Waals surface area contributed by atoms with Crippen LogP contribution in [0.25, 0.3) is 0 Å². The molecule has 7 nitrogen and oxygen atoms in total. The van der Waals surface area contributed by atoms with E-state index in [4.69, 9.17) is 10.5 Å². The SMILES string of the molecule is COC(=O)CC1CCN(C(=O)C2CCN(c3ccc(CN)cn3)CC2)CC1.Cl.Cl. The smallest absolute Gasteiger partial charge is 0.305 e. The number of amides is 1. The summed E-state index contributed by atoms with van der Waals surface area (Å²) >= 11 is 0. The van der Waals surface area contributed by atoms with Gasteiger partial charge in [0.25, 0.3) is 0 Å². The highest BCUT2D eigenvalue weighted by atomic mass is 35.5. The summed E-state index contributed by atoms with van der Waals surface area (Å²) in [5, 5.41) is 0. The summed E-state index contributed by atoms with van der Waals surface area (Å²) in [4.78, 5) is 33.0. The zero-order valence-corrected chi connectivity index (χ0v) is 18.6. The number of hydrogen-bond donors (Lipinski definition) is 1. The number of halogens is 2. The fourth-order valence-electron chi connectivity index (χ4n) is 4.01. The lowest BCUT2D eigenvalue weighted by molar-refractivity contribution is -0.142. The van der Waals surface area contributed by atoms with Gasteiger partial charge in [-0.3, -0.25) is 9.59 Å². The molecule has 3 heterocycles. The maximum Gasteiger partial charge on any atom is 0.305 e. The number of carbonyl (C=O) groups excluding carboxylic acids is 2. The van der Waals surface area contributed by atoms with Crippen molar-refractivity contribution < 1.29 is 14.3 Å². The lowest BCUT2D eigenvalue weighted by Crippen LogP contribution is -2.45. The van der Waals surface area contributed by atoms with Crippen LogP contribution in [0.15, 0.2) is 18.3 Å². The Morgan fingerprint density at radius 3 is 2.28 bits per heavy atom. The van der Waals surface area contributed by atoms with Gasteiger partial charge in [-0.15, -0.1) is 24.8 Å². The van der Waals surface area contributed by atoms with E-state index in [1.165, 1.54) is 7.11 Å². The summed E-state index contributed by atoms with van der Waals surface area (Å²) < 4.78 is 4.75. The first-order valence-electron chi connectivity index (χ1n) is 9.86. The molecule has 0 aliphatic carbocycles. The van der Waals surface area contributed by atoms with E-state index in [1.807, 2.05) is 23.2 Å². The number of nitrogens with two attached hydrogens (primary N) is 1. The van der Waals surface area contributed by atoms with Crippen molar-refractivity contribution in [1.82, 2.24) is 9.88 Å². The Labute approximate surface area is 185 Å². The summed E-state index contributed by atoms with van der Waals surface area (Å²) in [6, 6.07) is 4.02. The lowest BCUT2D eigenvalue weighted by atomic mass is 9.90. The standard InChI is InChI=1S/C20H30N4O3.2ClH/c1-27-19(25)12-15-4-8-24(9-5-15)20(26)17-6-10-23(11-7-17)18-3-2-16(13-21)14-22-18;;/h2-3,14-15,17H,4-13,21H2,1H3;2*1H. The molecule has 0 saturated carbocycles. The first-order valence-corrected chi connectivity index (χ1v) is 9.86. The van der Waals surface area contributed by atoms with Crippen molar-refractivity contribution in [3.63, 3.8) is 0 Å². The predicted molar refractivity (Wildman–Crippen MR) is 117 cm³/mol. The molecular formula is C20H32Cl2N4O3. The molecule has 164 valence electrons. The number of carbonyl (C=O) groups is 2. The molecule has 9 heteroatoms. The Bertz CT molecular complexity index is 644. The maximum atomic E-state index is 12.9. The summed E-state index contributed by atoms with van der Waals surface area (Å²) in [6.45, 7) is 3.71. The Balaban J connectivity index is 0.00000210. The third-order valence-electron chi connectivity index (χ3n) is 5.82. The summed E-state index contributed by atoms with van der Waals surface area (Å²) in [7, 11) is 1.43. The van der Waals surface area contributed by atoms with Crippen LogP contribution in [0.3, 0.4) is 0 Å². The molecule has 0 aromatic carbocycles. The number of likely N-dealkylation sites (tertiary alicyclic amines) is 1. The molecule has 2 aliphatic rings. The molecule has 0 radical (unpaired) electrons. The zero-order chi connectivity index (χ0) is 19.2. The number of methoxy groups -OCH3 is 1. The second kappa shape index (κ2) is 12.2. The van der Waals surface area contributed by atoms with Gasteiger partial charge in [0.05, 0.1) is 7.11 Å². The number of aromatic nitrogens is 1. The molecular weight excluding hydrogens is 415 g/mol. The highest BCUT2D eigenvalue weighted by molar-refractivity contribution is 5.85. The molecule has 0 spiro atoms. The molecule has 2 fully saturated rings. The summed E-state index contributed by atoms with van der Waals surface area (Å²) in [5.74, 6) is 1.52. The summed E-state index contributed by atoms with van der Waals surface area (Å²) in [6.07, 6.45) is 5.79. The molecule has 2 N–H and O–H groups in total. The molecule has 1 amide bonds. The first kappa shape index (κ1) is 25.5. The molecule has 0 atom stereocenters. The van der Waals surface area contributed by atoms with Gasteiger partial charge in [0, 0.05) is 51.3 Å². The molecule has 0 unspecified atom stereocenters. The minimum Gasteiger partial charge on any atom is -0.469 e. The molecule has 1 aromatic rings.